The molecule has 0 unspecified atom stereocenters. The highest BCUT2D eigenvalue weighted by Gasteiger charge is 2.22. The molecule has 1 aromatic carbocycles. The van der Waals surface area contributed by atoms with Crippen molar-refractivity contribution >= 4 is 34.2 Å². The number of hydrogen-bond donors (Lipinski definition) is 1. The monoisotopic (exact) mass is 348 g/mol. The number of hydrogen-bond acceptors (Lipinski definition) is 3. The average molecular weight is 350 g/mol. The van der Waals surface area contributed by atoms with E-state index in [1.54, 1.807) is 13.2 Å². The molecule has 2 rings (SSSR count). The summed E-state index contributed by atoms with van der Waals surface area (Å²) in [5, 5.41) is 3.32. The quantitative estimate of drug-likeness (QED) is 0.891. The smallest absolute Gasteiger partial charge is 0.253 e. The molecule has 0 saturated carbocycles. The van der Waals surface area contributed by atoms with Crippen LogP contribution in [0.15, 0.2) is 22.7 Å². The minimum Gasteiger partial charge on any atom is -0.496 e. The number of halogens is 2. The van der Waals surface area contributed by atoms with Crippen molar-refractivity contribution in [3.8, 4) is 5.75 Å². The Morgan fingerprint density at radius 2 is 2.26 bits per heavy atom. The maximum atomic E-state index is 12.3. The van der Waals surface area contributed by atoms with Crippen LogP contribution < -0.4 is 10.1 Å². The molecular formula is C13H18BrClN2O2. The summed E-state index contributed by atoms with van der Waals surface area (Å²) in [6.07, 6.45) is 0. The Labute approximate surface area is 128 Å². The van der Waals surface area contributed by atoms with Crippen molar-refractivity contribution in [1.29, 1.82) is 0 Å². The van der Waals surface area contributed by atoms with E-state index in [1.165, 1.54) is 0 Å². The SMILES string of the molecule is COc1ccc(C(=O)N2CCN[C@H](C)C2)cc1Br.Cl. The molecule has 1 atom stereocenters. The second-order valence-corrected chi connectivity index (χ2v) is 5.31. The Hall–Kier alpha value is -0.780. The number of nitrogens with one attached hydrogen (secondary N) is 1. The minimum atomic E-state index is 0. The van der Waals surface area contributed by atoms with Crippen LogP contribution >= 0.6 is 28.3 Å². The average Bonchev–Trinajstić information content (AvgIpc) is 2.37. The molecule has 1 saturated heterocycles. The summed E-state index contributed by atoms with van der Waals surface area (Å²) in [4.78, 5) is 14.2. The van der Waals surface area contributed by atoms with E-state index in [2.05, 4.69) is 28.2 Å². The fourth-order valence-electron chi connectivity index (χ4n) is 2.10. The molecule has 0 spiro atoms. The number of benzene rings is 1. The van der Waals surface area contributed by atoms with Crippen LogP contribution in [0.2, 0.25) is 0 Å². The fraction of sp³-hybridized carbons (Fsp3) is 0.462. The zero-order chi connectivity index (χ0) is 13.1. The summed E-state index contributed by atoms with van der Waals surface area (Å²) in [6, 6.07) is 5.78. The van der Waals surface area contributed by atoms with E-state index in [0.29, 0.717) is 11.6 Å². The highest BCUT2D eigenvalue weighted by molar-refractivity contribution is 9.10. The van der Waals surface area contributed by atoms with Crippen molar-refractivity contribution in [3.63, 3.8) is 0 Å². The third-order valence-electron chi connectivity index (χ3n) is 3.05. The lowest BCUT2D eigenvalue weighted by molar-refractivity contribution is 0.0709. The number of rotatable bonds is 2. The third kappa shape index (κ3) is 3.84. The molecule has 0 bridgehead atoms. The normalized spacial score (nSPS) is 18.7. The second-order valence-electron chi connectivity index (χ2n) is 4.46. The van der Waals surface area contributed by atoms with Crippen molar-refractivity contribution in [2.24, 2.45) is 0 Å². The molecule has 1 fully saturated rings. The summed E-state index contributed by atoms with van der Waals surface area (Å²) in [5.74, 6) is 0.812. The molecule has 4 nitrogen and oxygen atoms in total. The van der Waals surface area contributed by atoms with Crippen LogP contribution in [-0.4, -0.2) is 43.6 Å². The van der Waals surface area contributed by atoms with Crippen molar-refractivity contribution in [2.45, 2.75) is 13.0 Å². The summed E-state index contributed by atoms with van der Waals surface area (Å²) in [7, 11) is 1.61. The van der Waals surface area contributed by atoms with Crippen LogP contribution in [0.1, 0.15) is 17.3 Å². The number of carbonyl (C=O) groups excluding carboxylic acids is 1. The van der Waals surface area contributed by atoms with E-state index in [1.807, 2.05) is 17.0 Å². The Morgan fingerprint density at radius 1 is 1.53 bits per heavy atom. The summed E-state index contributed by atoms with van der Waals surface area (Å²) in [6.45, 7) is 4.45. The fourth-order valence-corrected chi connectivity index (χ4v) is 2.64. The molecule has 6 heteroatoms. The maximum Gasteiger partial charge on any atom is 0.253 e. The molecule has 19 heavy (non-hydrogen) atoms. The van der Waals surface area contributed by atoms with E-state index in [9.17, 15) is 4.79 Å². The molecule has 0 radical (unpaired) electrons. The first-order chi connectivity index (χ1) is 8.61. The van der Waals surface area contributed by atoms with E-state index in [0.717, 1.165) is 29.9 Å². The summed E-state index contributed by atoms with van der Waals surface area (Å²) < 4.78 is 5.97. The van der Waals surface area contributed by atoms with Crippen molar-refractivity contribution in [2.75, 3.05) is 26.7 Å². The third-order valence-corrected chi connectivity index (χ3v) is 3.67. The molecule has 1 heterocycles. The maximum absolute atomic E-state index is 12.3. The molecule has 1 N–H and O–H groups in total. The number of methoxy groups -OCH3 is 1. The standard InChI is InChI=1S/C13H17BrN2O2.ClH/c1-9-8-16(6-5-15-9)13(17)10-3-4-12(18-2)11(14)7-10;/h3-4,7,9,15H,5-6,8H2,1-2H3;1H/t9-;/m1./s1. The highest BCUT2D eigenvalue weighted by atomic mass is 79.9. The molecule has 1 aromatic rings. The number of amides is 1. The molecule has 1 aliphatic heterocycles. The van der Waals surface area contributed by atoms with E-state index in [4.69, 9.17) is 4.74 Å². The number of piperazine rings is 1. The lowest BCUT2D eigenvalue weighted by atomic mass is 10.1. The van der Waals surface area contributed by atoms with Gasteiger partial charge in [0.1, 0.15) is 5.75 Å². The van der Waals surface area contributed by atoms with Gasteiger partial charge in [-0.15, -0.1) is 12.4 Å². The van der Waals surface area contributed by atoms with Crippen LogP contribution in [0.25, 0.3) is 0 Å². The van der Waals surface area contributed by atoms with E-state index < -0.39 is 0 Å². The number of carbonyl (C=O) groups is 1. The highest BCUT2D eigenvalue weighted by Crippen LogP contribution is 2.26. The Balaban J connectivity index is 0.00000180. The van der Waals surface area contributed by atoms with Crippen LogP contribution in [0.5, 0.6) is 5.75 Å². The van der Waals surface area contributed by atoms with Gasteiger partial charge in [0, 0.05) is 31.2 Å². The van der Waals surface area contributed by atoms with Gasteiger partial charge in [-0.1, -0.05) is 0 Å². The van der Waals surface area contributed by atoms with Crippen molar-refractivity contribution in [1.82, 2.24) is 10.2 Å². The van der Waals surface area contributed by atoms with Gasteiger partial charge in [-0.2, -0.15) is 0 Å². The number of nitrogens with zero attached hydrogens (tertiary/aromatic N) is 1. The predicted molar refractivity (Wildman–Crippen MR) is 81.3 cm³/mol. The van der Waals surface area contributed by atoms with Crippen LogP contribution in [0.4, 0.5) is 0 Å². The van der Waals surface area contributed by atoms with Gasteiger partial charge in [0.15, 0.2) is 0 Å². The van der Waals surface area contributed by atoms with Gasteiger partial charge in [0.2, 0.25) is 0 Å². The molecule has 0 aliphatic carbocycles. The van der Waals surface area contributed by atoms with Gasteiger partial charge < -0.3 is 15.0 Å². The van der Waals surface area contributed by atoms with Crippen LogP contribution in [-0.2, 0) is 0 Å². The van der Waals surface area contributed by atoms with Gasteiger partial charge in [0.05, 0.1) is 11.6 Å². The minimum absolute atomic E-state index is 0. The van der Waals surface area contributed by atoms with Gasteiger partial charge in [-0.05, 0) is 41.1 Å². The van der Waals surface area contributed by atoms with E-state index >= 15 is 0 Å². The first-order valence-corrected chi connectivity index (χ1v) is 6.77. The zero-order valence-corrected chi connectivity index (χ0v) is 13.4. The van der Waals surface area contributed by atoms with Gasteiger partial charge in [0.25, 0.3) is 5.91 Å². The Bertz CT molecular complexity index is 456. The largest absolute Gasteiger partial charge is 0.496 e. The van der Waals surface area contributed by atoms with Crippen molar-refractivity contribution in [3.05, 3.63) is 28.2 Å². The molecule has 106 valence electrons. The lowest BCUT2D eigenvalue weighted by Crippen LogP contribution is -2.51. The first-order valence-electron chi connectivity index (χ1n) is 5.98. The molecule has 1 aliphatic rings. The second kappa shape index (κ2) is 7.12. The van der Waals surface area contributed by atoms with Crippen LogP contribution in [0.3, 0.4) is 0 Å². The Morgan fingerprint density at radius 3 is 2.84 bits per heavy atom. The molecular weight excluding hydrogens is 332 g/mol. The van der Waals surface area contributed by atoms with Crippen LogP contribution in [0, 0.1) is 0 Å². The van der Waals surface area contributed by atoms with Gasteiger partial charge in [-0.3, -0.25) is 4.79 Å². The van der Waals surface area contributed by atoms with E-state index in [-0.39, 0.29) is 18.3 Å². The molecule has 0 aromatic heterocycles. The number of ether oxygens (including phenoxy) is 1. The summed E-state index contributed by atoms with van der Waals surface area (Å²) >= 11 is 3.40. The lowest BCUT2D eigenvalue weighted by Gasteiger charge is -2.32. The zero-order valence-electron chi connectivity index (χ0n) is 11.0. The first kappa shape index (κ1) is 16.3. The molecule has 1 amide bonds. The van der Waals surface area contributed by atoms with Gasteiger partial charge in [-0.25, -0.2) is 0 Å². The predicted octanol–water partition coefficient (Wildman–Crippen LogP) is 2.31. The van der Waals surface area contributed by atoms with Gasteiger partial charge >= 0.3 is 0 Å². The summed E-state index contributed by atoms with van der Waals surface area (Å²) in [5.41, 5.74) is 0.691. The van der Waals surface area contributed by atoms with Crippen molar-refractivity contribution < 1.29 is 9.53 Å². The Kier molecular flexibility index (Phi) is 6.10. The topological polar surface area (TPSA) is 41.6 Å².